The van der Waals surface area contributed by atoms with Gasteiger partial charge in [0.2, 0.25) is 0 Å². The molecule has 0 radical (unpaired) electrons. The number of halogens is 1. The number of piperidine rings is 1. The first kappa shape index (κ1) is 21.2. The molecular formula is C20H27BClNO5. The molecule has 0 bridgehead atoms. The minimum absolute atomic E-state index is 0.0854. The summed E-state index contributed by atoms with van der Waals surface area (Å²) in [7, 11) is 0.764. The number of hydrogen-bond acceptors (Lipinski definition) is 5. The quantitative estimate of drug-likeness (QED) is 0.569. The van der Waals surface area contributed by atoms with Gasteiger partial charge in [-0.25, -0.2) is 0 Å². The number of ether oxygens (including phenoxy) is 1. The third-order valence-corrected chi connectivity index (χ3v) is 6.41. The summed E-state index contributed by atoms with van der Waals surface area (Å²) in [4.78, 5) is 26.4. The van der Waals surface area contributed by atoms with Gasteiger partial charge >= 0.3 is 13.1 Å². The summed E-state index contributed by atoms with van der Waals surface area (Å²) >= 11 is 6.39. The Kier molecular flexibility index (Phi) is 5.81. The van der Waals surface area contributed by atoms with Crippen molar-refractivity contribution in [1.29, 1.82) is 0 Å². The fourth-order valence-electron chi connectivity index (χ4n) is 3.49. The van der Waals surface area contributed by atoms with Gasteiger partial charge in [-0.05, 0) is 58.7 Å². The Balaban J connectivity index is 1.75. The molecule has 0 aliphatic carbocycles. The number of likely N-dealkylation sites (tertiary alicyclic amines) is 1. The van der Waals surface area contributed by atoms with E-state index < -0.39 is 18.3 Å². The van der Waals surface area contributed by atoms with Gasteiger partial charge in [0.15, 0.2) is 0 Å². The monoisotopic (exact) mass is 407 g/mol. The van der Waals surface area contributed by atoms with Crippen molar-refractivity contribution in [1.82, 2.24) is 4.90 Å². The minimum Gasteiger partial charge on any atom is -0.469 e. The largest absolute Gasteiger partial charge is 0.496 e. The highest BCUT2D eigenvalue weighted by atomic mass is 35.5. The van der Waals surface area contributed by atoms with Crippen LogP contribution in [-0.4, -0.2) is 55.3 Å². The van der Waals surface area contributed by atoms with Gasteiger partial charge in [-0.3, -0.25) is 9.59 Å². The lowest BCUT2D eigenvalue weighted by molar-refractivity contribution is -0.146. The van der Waals surface area contributed by atoms with Crippen LogP contribution in [0.5, 0.6) is 0 Å². The van der Waals surface area contributed by atoms with Gasteiger partial charge in [-0.1, -0.05) is 11.6 Å². The third kappa shape index (κ3) is 3.93. The van der Waals surface area contributed by atoms with Gasteiger partial charge in [0.05, 0.1) is 24.2 Å². The molecule has 2 fully saturated rings. The molecule has 0 aromatic heterocycles. The number of carbonyl (C=O) groups excluding carboxylic acids is 2. The van der Waals surface area contributed by atoms with Crippen LogP contribution in [0, 0.1) is 5.92 Å². The highest BCUT2D eigenvalue weighted by molar-refractivity contribution is 6.65. The van der Waals surface area contributed by atoms with Gasteiger partial charge in [-0.2, -0.15) is 0 Å². The van der Waals surface area contributed by atoms with E-state index in [0.29, 0.717) is 42.0 Å². The molecule has 3 rings (SSSR count). The number of hydrogen-bond donors (Lipinski definition) is 0. The summed E-state index contributed by atoms with van der Waals surface area (Å²) in [5.74, 6) is -0.432. The number of methoxy groups -OCH3 is 1. The standard InChI is InChI=1S/C20H27BClNO5/c1-19(2)20(3,4)28-21(27-19)15-12-14(6-7-16(15)22)17(24)23-10-8-13(9-11-23)18(25)26-5/h6-7,12-13H,8-11H2,1-5H3. The zero-order valence-corrected chi connectivity index (χ0v) is 17.8. The van der Waals surface area contributed by atoms with Crippen molar-refractivity contribution in [2.45, 2.75) is 51.7 Å². The molecule has 0 spiro atoms. The lowest BCUT2D eigenvalue weighted by Crippen LogP contribution is -2.41. The van der Waals surface area contributed by atoms with E-state index in [2.05, 4.69) is 0 Å². The fraction of sp³-hybridized carbons (Fsp3) is 0.600. The topological polar surface area (TPSA) is 65.1 Å². The predicted molar refractivity (Wildman–Crippen MR) is 108 cm³/mol. The van der Waals surface area contributed by atoms with E-state index in [1.165, 1.54) is 7.11 Å². The van der Waals surface area contributed by atoms with Crippen molar-refractivity contribution in [3.8, 4) is 0 Å². The molecule has 1 amide bonds. The Labute approximate surface area is 171 Å². The molecule has 2 saturated heterocycles. The van der Waals surface area contributed by atoms with Gasteiger partial charge in [0, 0.05) is 29.1 Å². The summed E-state index contributed by atoms with van der Waals surface area (Å²) in [6.45, 7) is 8.94. The third-order valence-electron chi connectivity index (χ3n) is 6.07. The van der Waals surface area contributed by atoms with Crippen LogP contribution < -0.4 is 5.46 Å². The van der Waals surface area contributed by atoms with Crippen molar-refractivity contribution in [3.63, 3.8) is 0 Å². The molecule has 0 N–H and O–H groups in total. The maximum absolute atomic E-state index is 13.0. The van der Waals surface area contributed by atoms with E-state index in [1.54, 1.807) is 23.1 Å². The molecule has 28 heavy (non-hydrogen) atoms. The van der Waals surface area contributed by atoms with Crippen LogP contribution in [0.1, 0.15) is 50.9 Å². The summed E-state index contributed by atoms with van der Waals surface area (Å²) in [6.07, 6.45) is 1.21. The highest BCUT2D eigenvalue weighted by Gasteiger charge is 2.52. The van der Waals surface area contributed by atoms with E-state index in [9.17, 15) is 9.59 Å². The highest BCUT2D eigenvalue weighted by Crippen LogP contribution is 2.37. The Hall–Kier alpha value is -1.57. The van der Waals surface area contributed by atoms with Crippen LogP contribution in [0.4, 0.5) is 0 Å². The smallest absolute Gasteiger partial charge is 0.469 e. The molecule has 2 aliphatic rings. The first-order valence-electron chi connectivity index (χ1n) is 9.58. The molecule has 6 nitrogen and oxygen atoms in total. The van der Waals surface area contributed by atoms with Crippen LogP contribution >= 0.6 is 11.6 Å². The number of nitrogens with zero attached hydrogens (tertiary/aromatic N) is 1. The molecule has 1 aromatic rings. The van der Waals surface area contributed by atoms with Crippen molar-refractivity contribution < 1.29 is 23.6 Å². The van der Waals surface area contributed by atoms with Crippen molar-refractivity contribution in [2.75, 3.05) is 20.2 Å². The number of esters is 1. The zero-order chi connectivity index (χ0) is 20.7. The summed E-state index contributed by atoms with van der Waals surface area (Å²) < 4.78 is 17.0. The van der Waals surface area contributed by atoms with Crippen LogP contribution in [-0.2, 0) is 18.8 Å². The molecule has 152 valence electrons. The summed E-state index contributed by atoms with van der Waals surface area (Å²) in [5, 5.41) is 0.499. The van der Waals surface area contributed by atoms with E-state index in [0.717, 1.165) is 0 Å². The SMILES string of the molecule is COC(=O)C1CCN(C(=O)c2ccc(Cl)c(B3OC(C)(C)C(C)(C)O3)c2)CC1. The van der Waals surface area contributed by atoms with Crippen LogP contribution in [0.3, 0.4) is 0 Å². The minimum atomic E-state index is -0.629. The van der Waals surface area contributed by atoms with Crippen molar-refractivity contribution in [2.24, 2.45) is 5.92 Å². The van der Waals surface area contributed by atoms with E-state index in [4.69, 9.17) is 25.6 Å². The van der Waals surface area contributed by atoms with Crippen molar-refractivity contribution >= 4 is 36.1 Å². The second-order valence-corrected chi connectivity index (χ2v) is 8.82. The zero-order valence-electron chi connectivity index (χ0n) is 17.1. The van der Waals surface area contributed by atoms with Crippen LogP contribution in [0.2, 0.25) is 5.02 Å². The van der Waals surface area contributed by atoms with Crippen LogP contribution in [0.25, 0.3) is 0 Å². The van der Waals surface area contributed by atoms with Gasteiger partial charge < -0.3 is 18.9 Å². The maximum Gasteiger partial charge on any atom is 0.496 e. The second-order valence-electron chi connectivity index (χ2n) is 8.41. The Morgan fingerprint density at radius 3 is 2.25 bits per heavy atom. The lowest BCUT2D eigenvalue weighted by atomic mass is 9.78. The average Bonchev–Trinajstić information content (AvgIpc) is 2.88. The van der Waals surface area contributed by atoms with Gasteiger partial charge in [0.1, 0.15) is 0 Å². The fourth-order valence-corrected chi connectivity index (χ4v) is 3.70. The first-order valence-corrected chi connectivity index (χ1v) is 9.96. The van der Waals surface area contributed by atoms with Crippen LogP contribution in [0.15, 0.2) is 18.2 Å². The molecule has 0 unspecified atom stereocenters. The summed E-state index contributed by atoms with van der Waals surface area (Å²) in [6, 6.07) is 5.17. The molecule has 2 aliphatic heterocycles. The number of carbonyl (C=O) groups is 2. The van der Waals surface area contributed by atoms with Gasteiger partial charge in [0.25, 0.3) is 5.91 Å². The second kappa shape index (κ2) is 7.69. The molecule has 8 heteroatoms. The Morgan fingerprint density at radius 2 is 1.71 bits per heavy atom. The first-order chi connectivity index (χ1) is 13.1. The Morgan fingerprint density at radius 1 is 1.14 bits per heavy atom. The number of benzene rings is 1. The maximum atomic E-state index is 13.0. The van der Waals surface area contributed by atoms with E-state index in [1.807, 2.05) is 27.7 Å². The van der Waals surface area contributed by atoms with Crippen molar-refractivity contribution in [3.05, 3.63) is 28.8 Å². The molecule has 2 heterocycles. The van der Waals surface area contributed by atoms with E-state index in [-0.39, 0.29) is 17.8 Å². The molecule has 1 aromatic carbocycles. The average molecular weight is 408 g/mol. The molecular weight excluding hydrogens is 380 g/mol. The summed E-state index contributed by atoms with van der Waals surface area (Å²) in [5.41, 5.74) is 0.203. The lowest BCUT2D eigenvalue weighted by Gasteiger charge is -2.32. The van der Waals surface area contributed by atoms with Gasteiger partial charge in [-0.15, -0.1) is 0 Å². The predicted octanol–water partition coefficient (Wildman–Crippen LogP) is 2.66. The van der Waals surface area contributed by atoms with E-state index >= 15 is 0 Å². The number of rotatable bonds is 3. The number of amides is 1. The molecule has 0 atom stereocenters. The normalized spacial score (nSPS) is 21.6. The molecule has 0 saturated carbocycles. The Bertz CT molecular complexity index is 758.